The molecule has 6 nitrogen and oxygen atoms in total. The number of methoxy groups -OCH3 is 1. The molecule has 0 saturated heterocycles. The van der Waals surface area contributed by atoms with Crippen molar-refractivity contribution in [1.29, 1.82) is 0 Å². The Kier molecular flexibility index (Phi) is 6.09. The molecule has 0 aliphatic heterocycles. The number of ether oxygens (including phenoxy) is 2. The van der Waals surface area contributed by atoms with Crippen LogP contribution in [0.4, 0.5) is 0 Å². The number of furan rings is 1. The smallest absolute Gasteiger partial charge is 0.274 e. The van der Waals surface area contributed by atoms with Crippen LogP contribution >= 0.6 is 11.6 Å². The number of carbonyl (C=O) groups is 1. The van der Waals surface area contributed by atoms with Crippen LogP contribution in [0.3, 0.4) is 0 Å². The Morgan fingerprint density at radius 3 is 2.60 bits per heavy atom. The lowest BCUT2D eigenvalue weighted by atomic mass is 10.2. The van der Waals surface area contributed by atoms with Crippen molar-refractivity contribution < 1.29 is 18.7 Å². The van der Waals surface area contributed by atoms with Crippen LogP contribution in [0, 0.1) is 13.8 Å². The SMILES string of the molecule is COc1cc(/C=N\NC(=O)c2cc(C)oc2C)cc(Cl)c1OC(C)C. The molecule has 0 bridgehead atoms. The fourth-order valence-corrected chi connectivity index (χ4v) is 2.51. The molecule has 2 rings (SSSR count). The Balaban J connectivity index is 2.14. The molecule has 0 fully saturated rings. The second-order valence-electron chi connectivity index (χ2n) is 5.73. The van der Waals surface area contributed by atoms with Crippen LogP contribution < -0.4 is 14.9 Å². The fraction of sp³-hybridized carbons (Fsp3) is 0.333. The minimum Gasteiger partial charge on any atom is -0.493 e. The number of amides is 1. The van der Waals surface area contributed by atoms with Gasteiger partial charge in [-0.05, 0) is 51.5 Å². The van der Waals surface area contributed by atoms with Gasteiger partial charge >= 0.3 is 0 Å². The van der Waals surface area contributed by atoms with Crippen LogP contribution in [0.25, 0.3) is 0 Å². The van der Waals surface area contributed by atoms with E-state index in [1.807, 2.05) is 13.8 Å². The van der Waals surface area contributed by atoms with E-state index in [-0.39, 0.29) is 12.0 Å². The lowest BCUT2D eigenvalue weighted by Gasteiger charge is -2.15. The van der Waals surface area contributed by atoms with E-state index in [1.165, 1.54) is 13.3 Å². The zero-order valence-corrected chi connectivity index (χ0v) is 15.6. The molecule has 2 aromatic rings. The summed E-state index contributed by atoms with van der Waals surface area (Å²) in [6.07, 6.45) is 1.44. The van der Waals surface area contributed by atoms with Crippen LogP contribution in [0.15, 0.2) is 27.7 Å². The van der Waals surface area contributed by atoms with Gasteiger partial charge in [0.1, 0.15) is 11.5 Å². The van der Waals surface area contributed by atoms with E-state index < -0.39 is 0 Å². The molecule has 0 saturated carbocycles. The predicted molar refractivity (Wildman–Crippen MR) is 97.0 cm³/mol. The van der Waals surface area contributed by atoms with Crippen molar-refractivity contribution in [2.45, 2.75) is 33.8 Å². The summed E-state index contributed by atoms with van der Waals surface area (Å²) >= 11 is 6.25. The van der Waals surface area contributed by atoms with E-state index in [9.17, 15) is 4.79 Å². The third kappa shape index (κ3) is 4.76. The Morgan fingerprint density at radius 1 is 1.32 bits per heavy atom. The molecule has 0 aliphatic carbocycles. The van der Waals surface area contributed by atoms with E-state index in [2.05, 4.69) is 10.5 Å². The molecule has 1 aromatic heterocycles. The number of carbonyl (C=O) groups excluding carboxylic acids is 1. The first-order chi connectivity index (χ1) is 11.8. The maximum atomic E-state index is 12.1. The third-order valence-electron chi connectivity index (χ3n) is 3.27. The summed E-state index contributed by atoms with van der Waals surface area (Å²) in [6.45, 7) is 7.31. The number of hydrazone groups is 1. The van der Waals surface area contributed by atoms with Crippen LogP contribution in [0.5, 0.6) is 11.5 Å². The number of rotatable bonds is 6. The van der Waals surface area contributed by atoms with Gasteiger partial charge in [0.25, 0.3) is 5.91 Å². The Labute approximate surface area is 151 Å². The van der Waals surface area contributed by atoms with Crippen LogP contribution in [0.1, 0.15) is 41.3 Å². The first kappa shape index (κ1) is 18.9. The maximum absolute atomic E-state index is 12.1. The summed E-state index contributed by atoms with van der Waals surface area (Å²) in [5, 5.41) is 4.36. The van der Waals surface area contributed by atoms with Crippen molar-refractivity contribution in [2.75, 3.05) is 7.11 Å². The van der Waals surface area contributed by atoms with E-state index in [0.29, 0.717) is 39.2 Å². The molecule has 25 heavy (non-hydrogen) atoms. The lowest BCUT2D eigenvalue weighted by molar-refractivity contribution is 0.0953. The molecule has 0 spiro atoms. The molecule has 1 heterocycles. The van der Waals surface area contributed by atoms with Gasteiger partial charge in [0.2, 0.25) is 0 Å². The minimum atomic E-state index is -0.344. The summed E-state index contributed by atoms with van der Waals surface area (Å²) in [4.78, 5) is 12.1. The van der Waals surface area contributed by atoms with Gasteiger partial charge in [-0.25, -0.2) is 5.43 Å². The van der Waals surface area contributed by atoms with Crippen LogP contribution in [0.2, 0.25) is 5.02 Å². The predicted octanol–water partition coefficient (Wildman–Crippen LogP) is 4.11. The molecule has 0 aliphatic rings. The second kappa shape index (κ2) is 8.07. The molecule has 1 amide bonds. The number of nitrogens with one attached hydrogen (secondary N) is 1. The molecule has 0 radical (unpaired) electrons. The van der Waals surface area contributed by atoms with Gasteiger partial charge in [-0.15, -0.1) is 0 Å². The number of hydrogen-bond acceptors (Lipinski definition) is 5. The highest BCUT2D eigenvalue weighted by Gasteiger charge is 2.14. The van der Waals surface area contributed by atoms with Crippen LogP contribution in [-0.4, -0.2) is 25.3 Å². The largest absolute Gasteiger partial charge is 0.493 e. The second-order valence-corrected chi connectivity index (χ2v) is 6.13. The zero-order valence-electron chi connectivity index (χ0n) is 14.8. The molecule has 1 aromatic carbocycles. The number of aryl methyl sites for hydroxylation is 2. The molecular weight excluding hydrogens is 344 g/mol. The Morgan fingerprint density at radius 2 is 2.04 bits per heavy atom. The van der Waals surface area contributed by atoms with Gasteiger partial charge in [-0.3, -0.25) is 4.79 Å². The van der Waals surface area contributed by atoms with E-state index in [0.717, 1.165) is 0 Å². The lowest BCUT2D eigenvalue weighted by Crippen LogP contribution is -2.17. The van der Waals surface area contributed by atoms with E-state index in [4.69, 9.17) is 25.5 Å². The van der Waals surface area contributed by atoms with Crippen molar-refractivity contribution in [3.63, 3.8) is 0 Å². The van der Waals surface area contributed by atoms with E-state index in [1.54, 1.807) is 32.0 Å². The Bertz CT molecular complexity index is 797. The van der Waals surface area contributed by atoms with Gasteiger partial charge < -0.3 is 13.9 Å². The first-order valence-corrected chi connectivity index (χ1v) is 8.14. The molecule has 134 valence electrons. The summed E-state index contributed by atoms with van der Waals surface area (Å²) in [5.74, 6) is 1.84. The van der Waals surface area contributed by atoms with Crippen molar-refractivity contribution in [1.82, 2.24) is 5.43 Å². The van der Waals surface area contributed by atoms with Gasteiger partial charge in [0.15, 0.2) is 11.5 Å². The van der Waals surface area contributed by atoms with Crippen molar-refractivity contribution in [3.05, 3.63) is 45.9 Å². The highest BCUT2D eigenvalue weighted by molar-refractivity contribution is 6.32. The van der Waals surface area contributed by atoms with E-state index >= 15 is 0 Å². The topological polar surface area (TPSA) is 73.1 Å². The number of nitrogens with zero attached hydrogens (tertiary/aromatic N) is 1. The highest BCUT2D eigenvalue weighted by Crippen LogP contribution is 2.36. The van der Waals surface area contributed by atoms with Gasteiger partial charge in [-0.2, -0.15) is 5.10 Å². The van der Waals surface area contributed by atoms with Gasteiger partial charge in [-0.1, -0.05) is 11.6 Å². The van der Waals surface area contributed by atoms with Crippen molar-refractivity contribution in [2.24, 2.45) is 5.10 Å². The normalized spacial score (nSPS) is 11.2. The van der Waals surface area contributed by atoms with Crippen LogP contribution in [-0.2, 0) is 0 Å². The molecule has 0 unspecified atom stereocenters. The molecule has 7 heteroatoms. The maximum Gasteiger partial charge on any atom is 0.274 e. The van der Waals surface area contributed by atoms with Gasteiger partial charge in [0, 0.05) is 0 Å². The minimum absolute atomic E-state index is 0.0353. The molecule has 0 atom stereocenters. The molecule has 1 N–H and O–H groups in total. The van der Waals surface area contributed by atoms with Crippen molar-refractivity contribution in [3.8, 4) is 11.5 Å². The average Bonchev–Trinajstić information content (AvgIpc) is 2.87. The zero-order chi connectivity index (χ0) is 18.6. The Hall–Kier alpha value is -2.47. The summed E-state index contributed by atoms with van der Waals surface area (Å²) in [5.41, 5.74) is 3.58. The fourth-order valence-electron chi connectivity index (χ4n) is 2.25. The van der Waals surface area contributed by atoms with Gasteiger partial charge in [0.05, 0.1) is 30.0 Å². The third-order valence-corrected chi connectivity index (χ3v) is 3.55. The quantitative estimate of drug-likeness (QED) is 0.618. The first-order valence-electron chi connectivity index (χ1n) is 7.76. The number of benzene rings is 1. The average molecular weight is 365 g/mol. The summed E-state index contributed by atoms with van der Waals surface area (Å²) in [6, 6.07) is 5.08. The van der Waals surface area contributed by atoms with Crippen molar-refractivity contribution >= 4 is 23.7 Å². The summed E-state index contributed by atoms with van der Waals surface area (Å²) in [7, 11) is 1.53. The summed E-state index contributed by atoms with van der Waals surface area (Å²) < 4.78 is 16.3. The molecular formula is C18H21ClN2O4. The number of hydrogen-bond donors (Lipinski definition) is 1. The standard InChI is InChI=1S/C18H21ClN2O4/c1-10(2)24-17-15(19)7-13(8-16(17)23-5)9-20-21-18(22)14-6-11(3)25-12(14)4/h6-10H,1-5H3,(H,21,22)/b20-9-. The number of halogens is 1. The highest BCUT2D eigenvalue weighted by atomic mass is 35.5. The monoisotopic (exact) mass is 364 g/mol.